The maximum atomic E-state index is 4.67. The summed E-state index contributed by atoms with van der Waals surface area (Å²) in [4.78, 5) is 0. The van der Waals surface area contributed by atoms with Crippen LogP contribution in [-0.2, 0) is 102 Å². The summed E-state index contributed by atoms with van der Waals surface area (Å²) in [6.45, 7) is 0. The van der Waals surface area contributed by atoms with Crippen LogP contribution in [0.3, 0.4) is 0 Å². The molecule has 0 aliphatic carbocycles. The maximum absolute atomic E-state index is 4.67. The Hall–Kier alpha value is -2.30. The van der Waals surface area contributed by atoms with Gasteiger partial charge in [0, 0.05) is 107 Å². The Balaban J connectivity index is 0.000000118. The lowest BCUT2D eigenvalue weighted by atomic mass is 9.91. The summed E-state index contributed by atoms with van der Waals surface area (Å²) in [6.07, 6.45) is 0. The van der Waals surface area contributed by atoms with Crippen molar-refractivity contribution in [1.29, 1.82) is 0 Å². The lowest BCUT2D eigenvalue weighted by Gasteiger charge is -2.14. The van der Waals surface area contributed by atoms with E-state index in [9.17, 15) is 0 Å². The van der Waals surface area contributed by atoms with E-state index >= 15 is 0 Å². The smallest absolute Gasteiger partial charge is 0.0332 e. The van der Waals surface area contributed by atoms with E-state index in [0.717, 1.165) is 0 Å². The molecule has 0 unspecified atom stereocenters. The Morgan fingerprint density at radius 1 is 0.308 bits per heavy atom. The van der Waals surface area contributed by atoms with Gasteiger partial charge < -0.3 is 0 Å². The highest BCUT2D eigenvalue weighted by Crippen LogP contribution is 2.43. The predicted octanol–water partition coefficient (Wildman–Crippen LogP) is 12.2. The number of halogens is 1. The summed E-state index contributed by atoms with van der Waals surface area (Å²) >= 11 is 13.2. The van der Waals surface area contributed by atoms with E-state index in [0.29, 0.717) is 0 Å². The predicted molar refractivity (Wildman–Crippen MR) is 264 cm³/mol. The van der Waals surface area contributed by atoms with E-state index < -0.39 is 0 Å². The Kier molecular flexibility index (Phi) is 12.0. The minimum Gasteiger partial charge on any atom is -0.0616 e. The molecule has 10 aromatic carbocycles. The van der Waals surface area contributed by atoms with Crippen molar-refractivity contribution in [3.8, 4) is 0 Å². The molecule has 0 saturated carbocycles. The van der Waals surface area contributed by atoms with Crippen molar-refractivity contribution in [3.05, 3.63) is 144 Å². The second-order valence-corrected chi connectivity index (χ2v) is 28.3. The average molecular weight is 936 g/mol. The standard InChI is InChI=1S/C20H11Br.C20H12.S11/c21-20-16-7-2-1-6-14(16)15-10-8-12-4-3-5-13-9-11-17(20)19(15)18(12)13;1-2-7-17-15(4-1)12-16-9-8-13-5-3-6-14-10-11-18(17)20(16)19(13)14;1-3-5-7-9-11-10-8-6-4-2/h1-11H;1-12H;. The Morgan fingerprint density at radius 3 is 1.33 bits per heavy atom. The number of hydrogen-bond acceptors (Lipinski definition) is 2. The molecule has 10 rings (SSSR count). The van der Waals surface area contributed by atoms with Crippen molar-refractivity contribution in [2.75, 3.05) is 0 Å². The lowest BCUT2D eigenvalue weighted by Crippen LogP contribution is -1.87. The molecule has 0 radical (unpaired) electrons. The second kappa shape index (κ2) is 17.0. The summed E-state index contributed by atoms with van der Waals surface area (Å²) in [6, 6.07) is 50.6. The molecule has 0 saturated heterocycles. The van der Waals surface area contributed by atoms with Crippen LogP contribution in [-0.4, -0.2) is 0 Å². The molecular formula is C40H23BrS11. The van der Waals surface area contributed by atoms with Gasteiger partial charge in [-0.1, -0.05) is 133 Å². The molecule has 10 aromatic rings. The van der Waals surface area contributed by atoms with Gasteiger partial charge >= 0.3 is 0 Å². The molecule has 0 atom stereocenters. The topological polar surface area (TPSA) is 0 Å². The van der Waals surface area contributed by atoms with Crippen LogP contribution >= 0.6 is 15.9 Å². The van der Waals surface area contributed by atoms with Crippen molar-refractivity contribution in [3.63, 3.8) is 0 Å². The normalized spacial score (nSPS) is 10.9. The van der Waals surface area contributed by atoms with E-state index in [2.05, 4.69) is 178 Å². The van der Waals surface area contributed by atoms with Crippen molar-refractivity contribution >= 4 is 204 Å². The van der Waals surface area contributed by atoms with Gasteiger partial charge in [-0.25, -0.2) is 0 Å². The summed E-state index contributed by atoms with van der Waals surface area (Å²) in [5.74, 6) is 0. The Morgan fingerprint density at radius 2 is 0.731 bits per heavy atom. The first kappa shape index (κ1) is 36.7. The van der Waals surface area contributed by atoms with Crippen LogP contribution in [0, 0.1) is 0 Å². The Bertz CT molecular complexity index is 3320. The van der Waals surface area contributed by atoms with E-state index in [-0.39, 0.29) is 0 Å². The molecule has 0 spiro atoms. The minimum absolute atomic E-state index is 1.20. The maximum Gasteiger partial charge on any atom is 0.0332 e. The quantitative estimate of drug-likeness (QED) is 0.110. The van der Waals surface area contributed by atoms with E-state index in [4.69, 9.17) is 0 Å². The first-order valence-corrected chi connectivity index (χ1v) is 29.8. The molecule has 0 fully saturated rings. The largest absolute Gasteiger partial charge is 0.0616 e. The van der Waals surface area contributed by atoms with E-state index in [1.807, 2.05) is 0 Å². The first-order chi connectivity index (χ1) is 25.7. The third-order valence-corrected chi connectivity index (χ3v) is 27.7. The summed E-state index contributed by atoms with van der Waals surface area (Å²) in [5, 5.41) is 21.4. The average Bonchev–Trinajstić information content (AvgIpc) is 3.20. The fourth-order valence-electron chi connectivity index (χ4n) is 7.11. The molecule has 0 aromatic heterocycles. The molecule has 52 heavy (non-hydrogen) atoms. The third-order valence-electron chi connectivity index (χ3n) is 9.06. The van der Waals surface area contributed by atoms with Crippen LogP contribution in [0.5, 0.6) is 0 Å². The fourth-order valence-corrected chi connectivity index (χ4v) is 27.0. The van der Waals surface area contributed by atoms with Crippen LogP contribution in [0.25, 0.3) is 86.2 Å². The van der Waals surface area contributed by atoms with Gasteiger partial charge in [0.25, 0.3) is 0 Å². The fraction of sp³-hybridized carbons (Fsp3) is 0. The minimum atomic E-state index is 1.20. The lowest BCUT2D eigenvalue weighted by molar-refractivity contribution is 1.76. The molecule has 0 N–H and O–H groups in total. The molecule has 12 heteroatoms. The number of rotatable bonds is 0. The van der Waals surface area contributed by atoms with Gasteiger partial charge in [0.15, 0.2) is 0 Å². The van der Waals surface area contributed by atoms with Gasteiger partial charge in [0.05, 0.1) is 0 Å². The van der Waals surface area contributed by atoms with Crippen molar-refractivity contribution in [1.82, 2.24) is 0 Å². The second-order valence-electron chi connectivity index (χ2n) is 11.6. The molecule has 0 amide bonds. The van der Waals surface area contributed by atoms with Gasteiger partial charge in [0.2, 0.25) is 0 Å². The third kappa shape index (κ3) is 7.26. The van der Waals surface area contributed by atoms with Gasteiger partial charge in [-0.2, -0.15) is 0 Å². The first-order valence-electron chi connectivity index (χ1n) is 15.7. The summed E-state index contributed by atoms with van der Waals surface area (Å²) in [7, 11) is 14.5. The Labute approximate surface area is 344 Å². The van der Waals surface area contributed by atoms with Gasteiger partial charge in [0.1, 0.15) is 0 Å². The highest BCUT2D eigenvalue weighted by molar-refractivity contribution is 9.10. The van der Waals surface area contributed by atoms with Gasteiger partial charge in [-0.3, -0.25) is 0 Å². The van der Waals surface area contributed by atoms with Crippen LogP contribution in [0.1, 0.15) is 0 Å². The highest BCUT2D eigenvalue weighted by Gasteiger charge is 2.14. The van der Waals surface area contributed by atoms with Gasteiger partial charge in [-0.05, 0) is 108 Å². The van der Waals surface area contributed by atoms with E-state index in [1.165, 1.54) is 108 Å². The molecule has 256 valence electrons. The molecule has 0 heterocycles. The SMILES string of the molecule is Brc1c2ccccc2c2ccc3cccc4ccc1c2c43.S=S=S=S=S=S=S=S=S=S=S.c1ccc2c(c1)cc1ccc3cccc4ccc2c1c34. The zero-order valence-electron chi connectivity index (χ0n) is 26.6. The summed E-state index contributed by atoms with van der Waals surface area (Å²) in [5.41, 5.74) is 0. The zero-order valence-corrected chi connectivity index (χ0v) is 37.2. The molecule has 0 nitrogen and oxygen atoms in total. The molecule has 0 bridgehead atoms. The van der Waals surface area contributed by atoms with Crippen molar-refractivity contribution in [2.24, 2.45) is 0 Å². The molecule has 0 aliphatic heterocycles. The molecule has 0 aliphatic rings. The number of fused-ring (bicyclic) bond motifs is 4. The van der Waals surface area contributed by atoms with E-state index in [1.54, 1.807) is 62.2 Å². The monoisotopic (exact) mass is 934 g/mol. The van der Waals surface area contributed by atoms with Crippen LogP contribution in [0.4, 0.5) is 0 Å². The molecular weight excluding hydrogens is 913 g/mol. The number of hydrogen-bond donors (Lipinski definition) is 0. The number of benzene rings is 10. The van der Waals surface area contributed by atoms with Crippen LogP contribution in [0.15, 0.2) is 144 Å². The zero-order chi connectivity index (χ0) is 35.4. The summed E-state index contributed by atoms with van der Waals surface area (Å²) < 4.78 is 1.20. The van der Waals surface area contributed by atoms with Gasteiger partial charge in [-0.15, -0.1) is 0 Å². The van der Waals surface area contributed by atoms with Crippen molar-refractivity contribution < 1.29 is 0 Å². The van der Waals surface area contributed by atoms with Crippen molar-refractivity contribution in [2.45, 2.75) is 0 Å². The van der Waals surface area contributed by atoms with Crippen LogP contribution in [0.2, 0.25) is 0 Å². The highest BCUT2D eigenvalue weighted by atomic mass is 79.9. The van der Waals surface area contributed by atoms with Crippen LogP contribution < -0.4 is 0 Å².